The van der Waals surface area contributed by atoms with Crippen molar-refractivity contribution in [2.45, 2.75) is 5.50 Å². The van der Waals surface area contributed by atoms with Gasteiger partial charge in [-0.25, -0.2) is 0 Å². The maximum atomic E-state index is 9.04. The highest BCUT2D eigenvalue weighted by atomic mass is 35.5. The van der Waals surface area contributed by atoms with Gasteiger partial charge in [-0.05, 0) is 24.3 Å². The van der Waals surface area contributed by atoms with Gasteiger partial charge >= 0.3 is 0 Å². The maximum Gasteiger partial charge on any atom is 0.146 e. The van der Waals surface area contributed by atoms with Gasteiger partial charge in [0, 0.05) is 26.9 Å². The molecule has 0 saturated carbocycles. The zero-order chi connectivity index (χ0) is 16.2. The van der Waals surface area contributed by atoms with Gasteiger partial charge in [-0.2, -0.15) is 0 Å². The predicted molar refractivity (Wildman–Crippen MR) is 99.3 cm³/mol. The van der Waals surface area contributed by atoms with E-state index < -0.39 is 0 Å². The van der Waals surface area contributed by atoms with Gasteiger partial charge in [-0.15, -0.1) is 11.8 Å². The minimum absolute atomic E-state index is 0.00915. The summed E-state index contributed by atoms with van der Waals surface area (Å²) in [5.41, 5.74) is 3.96. The Hall–Kier alpha value is -1.33. The van der Waals surface area contributed by atoms with E-state index in [9.17, 15) is 0 Å². The quantitative estimate of drug-likeness (QED) is 0.747. The van der Waals surface area contributed by atoms with Gasteiger partial charge in [0.05, 0.1) is 18.0 Å². The van der Waals surface area contributed by atoms with Crippen molar-refractivity contribution in [3.63, 3.8) is 0 Å². The molecule has 6 heteroatoms. The minimum Gasteiger partial charge on any atom is -0.396 e. The maximum absolute atomic E-state index is 9.04. The molecule has 3 N–H and O–H groups in total. The molecule has 1 aliphatic rings. The Labute approximate surface area is 149 Å². The number of nitrogens with one attached hydrogen (secondary N) is 2. The first-order chi connectivity index (χ1) is 11.2. The SMILES string of the molecule is OCCSC1NC(c2cccc(Cl)c2)=C(c2cccc(Cl)c2)N1. The number of halogens is 2. The van der Waals surface area contributed by atoms with Crippen LogP contribution in [-0.2, 0) is 0 Å². The van der Waals surface area contributed by atoms with Crippen molar-refractivity contribution in [2.24, 2.45) is 0 Å². The normalized spacial score (nSPS) is 14.7. The molecule has 0 spiro atoms. The second-order valence-electron chi connectivity index (χ2n) is 5.03. The van der Waals surface area contributed by atoms with Crippen molar-refractivity contribution >= 4 is 46.4 Å². The fourth-order valence-electron chi connectivity index (χ4n) is 2.44. The highest BCUT2D eigenvalue weighted by Crippen LogP contribution is 2.32. The molecule has 0 bridgehead atoms. The Morgan fingerprint density at radius 3 is 1.87 bits per heavy atom. The second-order valence-corrected chi connectivity index (χ2v) is 7.12. The molecule has 0 aromatic heterocycles. The molecule has 0 radical (unpaired) electrons. The van der Waals surface area contributed by atoms with E-state index in [1.54, 1.807) is 11.8 Å². The van der Waals surface area contributed by atoms with E-state index >= 15 is 0 Å². The molecule has 0 saturated heterocycles. The first-order valence-corrected chi connectivity index (χ1v) is 8.99. The highest BCUT2D eigenvalue weighted by Gasteiger charge is 2.24. The van der Waals surface area contributed by atoms with Crippen LogP contribution in [0.5, 0.6) is 0 Å². The summed E-state index contributed by atoms with van der Waals surface area (Å²) in [7, 11) is 0. The molecule has 120 valence electrons. The van der Waals surface area contributed by atoms with Gasteiger partial charge < -0.3 is 15.7 Å². The molecule has 1 aliphatic heterocycles. The third kappa shape index (κ3) is 3.96. The Balaban J connectivity index is 1.99. The van der Waals surface area contributed by atoms with E-state index in [0.29, 0.717) is 15.8 Å². The highest BCUT2D eigenvalue weighted by molar-refractivity contribution is 7.99. The molecule has 0 atom stereocenters. The Kier molecular flexibility index (Phi) is 5.38. The van der Waals surface area contributed by atoms with Gasteiger partial charge in [0.2, 0.25) is 0 Å². The summed E-state index contributed by atoms with van der Waals surface area (Å²) in [5, 5.41) is 17.3. The van der Waals surface area contributed by atoms with Gasteiger partial charge in [-0.3, -0.25) is 0 Å². The first kappa shape index (κ1) is 16.5. The van der Waals surface area contributed by atoms with Crippen LogP contribution in [0.4, 0.5) is 0 Å². The number of benzene rings is 2. The predicted octanol–water partition coefficient (Wildman–Crippen LogP) is 4.02. The van der Waals surface area contributed by atoms with E-state index in [-0.39, 0.29) is 12.1 Å². The molecule has 2 aromatic rings. The fourth-order valence-corrected chi connectivity index (χ4v) is 3.56. The van der Waals surface area contributed by atoms with Crippen LogP contribution in [-0.4, -0.2) is 23.0 Å². The lowest BCUT2D eigenvalue weighted by Crippen LogP contribution is -2.29. The molecule has 1 heterocycles. The summed E-state index contributed by atoms with van der Waals surface area (Å²) in [6.07, 6.45) is 0. The largest absolute Gasteiger partial charge is 0.396 e. The number of hydrogen-bond acceptors (Lipinski definition) is 4. The summed E-state index contributed by atoms with van der Waals surface area (Å²) in [5.74, 6) is 0.649. The molecular weight excluding hydrogens is 351 g/mol. The van der Waals surface area contributed by atoms with E-state index in [2.05, 4.69) is 10.6 Å². The van der Waals surface area contributed by atoms with E-state index in [1.807, 2.05) is 48.5 Å². The Bertz CT molecular complexity index is 679. The molecule has 23 heavy (non-hydrogen) atoms. The van der Waals surface area contributed by atoms with Crippen LogP contribution < -0.4 is 10.6 Å². The number of aliphatic hydroxyl groups excluding tert-OH is 1. The van der Waals surface area contributed by atoms with Crippen LogP contribution in [0.3, 0.4) is 0 Å². The summed E-state index contributed by atoms with van der Waals surface area (Å²) in [4.78, 5) is 0. The monoisotopic (exact) mass is 366 g/mol. The van der Waals surface area contributed by atoms with Crippen LogP contribution >= 0.6 is 35.0 Å². The van der Waals surface area contributed by atoms with Crippen LogP contribution in [0.25, 0.3) is 11.4 Å². The fraction of sp³-hybridized carbons (Fsp3) is 0.176. The minimum atomic E-state index is -0.00915. The first-order valence-electron chi connectivity index (χ1n) is 7.19. The van der Waals surface area contributed by atoms with Crippen molar-refractivity contribution < 1.29 is 5.11 Å². The number of thioether (sulfide) groups is 1. The number of aliphatic hydroxyl groups is 1. The van der Waals surface area contributed by atoms with Gasteiger partial charge in [0.15, 0.2) is 0 Å². The van der Waals surface area contributed by atoms with Crippen molar-refractivity contribution in [3.8, 4) is 0 Å². The molecule has 0 unspecified atom stereocenters. The van der Waals surface area contributed by atoms with Crippen LogP contribution in [0.2, 0.25) is 10.0 Å². The molecule has 2 aromatic carbocycles. The van der Waals surface area contributed by atoms with Gasteiger partial charge in [-0.1, -0.05) is 47.5 Å². The Morgan fingerprint density at radius 1 is 0.913 bits per heavy atom. The lowest BCUT2D eigenvalue weighted by atomic mass is 10.1. The number of hydrogen-bond donors (Lipinski definition) is 3. The van der Waals surface area contributed by atoms with Crippen molar-refractivity contribution in [2.75, 3.05) is 12.4 Å². The van der Waals surface area contributed by atoms with Gasteiger partial charge in [0.25, 0.3) is 0 Å². The lowest BCUT2D eigenvalue weighted by molar-refractivity contribution is 0.322. The van der Waals surface area contributed by atoms with Gasteiger partial charge in [0.1, 0.15) is 5.50 Å². The summed E-state index contributed by atoms with van der Waals surface area (Å²) < 4.78 is 0. The zero-order valence-electron chi connectivity index (χ0n) is 12.2. The Morgan fingerprint density at radius 2 is 1.43 bits per heavy atom. The molecule has 0 fully saturated rings. The average molecular weight is 367 g/mol. The zero-order valence-corrected chi connectivity index (χ0v) is 14.6. The molecule has 0 amide bonds. The molecular formula is C17H16Cl2N2OS. The van der Waals surface area contributed by atoms with Crippen molar-refractivity contribution in [1.29, 1.82) is 0 Å². The number of rotatable bonds is 5. The van der Waals surface area contributed by atoms with Crippen LogP contribution in [0.15, 0.2) is 48.5 Å². The van der Waals surface area contributed by atoms with Crippen LogP contribution in [0, 0.1) is 0 Å². The van der Waals surface area contributed by atoms with E-state index in [4.69, 9.17) is 28.3 Å². The molecule has 3 rings (SSSR count). The summed E-state index contributed by atoms with van der Waals surface area (Å²) in [6, 6.07) is 15.4. The van der Waals surface area contributed by atoms with E-state index in [0.717, 1.165) is 22.5 Å². The van der Waals surface area contributed by atoms with Crippen molar-refractivity contribution in [1.82, 2.24) is 10.6 Å². The second kappa shape index (κ2) is 7.49. The smallest absolute Gasteiger partial charge is 0.146 e. The third-order valence-corrected chi connectivity index (χ3v) is 4.86. The summed E-state index contributed by atoms with van der Waals surface area (Å²) >= 11 is 13.9. The topological polar surface area (TPSA) is 44.3 Å². The van der Waals surface area contributed by atoms with Crippen molar-refractivity contribution in [3.05, 3.63) is 69.7 Å². The van der Waals surface area contributed by atoms with Crippen LogP contribution in [0.1, 0.15) is 11.1 Å². The summed E-state index contributed by atoms with van der Waals surface area (Å²) in [6.45, 7) is 0.142. The lowest BCUT2D eigenvalue weighted by Gasteiger charge is -2.13. The third-order valence-electron chi connectivity index (χ3n) is 3.40. The molecule has 0 aliphatic carbocycles. The average Bonchev–Trinajstić information content (AvgIpc) is 2.97. The molecule has 3 nitrogen and oxygen atoms in total. The standard InChI is InChI=1S/C17H16Cl2N2OS/c18-13-5-1-3-11(9-13)15-16(12-4-2-6-14(19)10-12)21-17(20-15)23-8-7-22/h1-6,9-10,17,20-22H,7-8H2. The van der Waals surface area contributed by atoms with E-state index in [1.165, 1.54) is 0 Å².